The average Bonchev–Trinajstić information content (AvgIpc) is 3.03. The smallest absolute Gasteiger partial charge is 0.158 e. The molecule has 0 bridgehead atoms. The van der Waals surface area contributed by atoms with Crippen LogP contribution in [0.1, 0.15) is 25.3 Å². The van der Waals surface area contributed by atoms with Gasteiger partial charge in [-0.05, 0) is 41.8 Å². The van der Waals surface area contributed by atoms with Crippen LogP contribution >= 0.6 is 0 Å². The first kappa shape index (κ1) is 14.8. The zero-order chi connectivity index (χ0) is 16.5. The second kappa shape index (κ2) is 6.00. The largest absolute Gasteiger partial charge is 0.319 e. The highest BCUT2D eigenvalue weighted by Crippen LogP contribution is 2.46. The third-order valence-electron chi connectivity index (χ3n) is 4.50. The lowest BCUT2D eigenvalue weighted by Crippen LogP contribution is -2.24. The van der Waals surface area contributed by atoms with E-state index in [1.807, 2.05) is 12.3 Å². The Balaban J connectivity index is 1.89. The molecule has 4 rings (SSSR count). The highest BCUT2D eigenvalue weighted by atomic mass is 15.4. The van der Waals surface area contributed by atoms with Crippen molar-refractivity contribution in [3.63, 3.8) is 0 Å². The van der Waals surface area contributed by atoms with Crippen LogP contribution < -0.4 is 9.80 Å². The van der Waals surface area contributed by atoms with E-state index < -0.39 is 0 Å². The van der Waals surface area contributed by atoms with Crippen molar-refractivity contribution in [2.75, 3.05) is 16.5 Å². The van der Waals surface area contributed by atoms with Crippen LogP contribution in [0.2, 0.25) is 0 Å². The van der Waals surface area contributed by atoms with Gasteiger partial charge in [-0.3, -0.25) is 0 Å². The summed E-state index contributed by atoms with van der Waals surface area (Å²) in [5.74, 6) is 1.49. The van der Waals surface area contributed by atoms with Crippen molar-refractivity contribution in [2.24, 2.45) is 0 Å². The zero-order valence-electron chi connectivity index (χ0n) is 14.1. The van der Waals surface area contributed by atoms with Crippen molar-refractivity contribution in [3.8, 4) is 0 Å². The van der Waals surface area contributed by atoms with Crippen molar-refractivity contribution < 1.29 is 0 Å². The van der Waals surface area contributed by atoms with Crippen LogP contribution in [-0.4, -0.2) is 11.7 Å². The molecule has 0 amide bonds. The molecule has 3 aromatic rings. The normalized spacial score (nSPS) is 13.5. The number of aromatic nitrogens is 1. The number of hydrogen-bond donors (Lipinski definition) is 0. The Hall–Kier alpha value is -2.81. The van der Waals surface area contributed by atoms with Gasteiger partial charge in [0.1, 0.15) is 6.67 Å². The first-order valence-corrected chi connectivity index (χ1v) is 8.40. The molecule has 0 unspecified atom stereocenters. The minimum absolute atomic E-state index is 0.448. The number of anilines is 4. The van der Waals surface area contributed by atoms with Gasteiger partial charge in [-0.1, -0.05) is 50.2 Å². The third-order valence-corrected chi connectivity index (χ3v) is 4.50. The standard InChI is InChI=1S/C21H21N3/c1-16(2)19-13-14-22-21-20(19)23(17-9-5-3-6-10-17)15-24(21)18-11-7-4-8-12-18/h3-14,16H,15H2,1-2H3. The summed E-state index contributed by atoms with van der Waals surface area (Å²) in [6, 6.07) is 23.2. The highest BCUT2D eigenvalue weighted by Gasteiger charge is 2.32. The maximum atomic E-state index is 4.72. The zero-order valence-corrected chi connectivity index (χ0v) is 14.1. The molecule has 3 heteroatoms. The maximum absolute atomic E-state index is 4.72. The highest BCUT2D eigenvalue weighted by molar-refractivity contribution is 5.86. The summed E-state index contributed by atoms with van der Waals surface area (Å²) in [4.78, 5) is 9.37. The summed E-state index contributed by atoms with van der Waals surface area (Å²) in [7, 11) is 0. The number of rotatable bonds is 3. The molecule has 2 aromatic carbocycles. The molecule has 1 aliphatic rings. The molecular formula is C21H21N3. The first-order chi connectivity index (χ1) is 11.8. The van der Waals surface area contributed by atoms with E-state index in [0.717, 1.165) is 12.5 Å². The second-order valence-corrected chi connectivity index (χ2v) is 6.40. The van der Waals surface area contributed by atoms with Gasteiger partial charge in [0.15, 0.2) is 5.82 Å². The number of para-hydroxylation sites is 2. The molecule has 2 heterocycles. The molecule has 0 fully saturated rings. The third kappa shape index (κ3) is 2.42. The van der Waals surface area contributed by atoms with Crippen molar-refractivity contribution in [2.45, 2.75) is 19.8 Å². The number of pyridine rings is 1. The van der Waals surface area contributed by atoms with Crippen LogP contribution in [0.25, 0.3) is 0 Å². The Morgan fingerprint density at radius 2 is 1.38 bits per heavy atom. The van der Waals surface area contributed by atoms with E-state index in [1.165, 1.54) is 22.6 Å². The van der Waals surface area contributed by atoms with Gasteiger partial charge in [-0.2, -0.15) is 0 Å². The molecule has 0 aliphatic carbocycles. The van der Waals surface area contributed by atoms with Gasteiger partial charge >= 0.3 is 0 Å². The minimum Gasteiger partial charge on any atom is -0.319 e. The lowest BCUT2D eigenvalue weighted by Gasteiger charge is -2.22. The summed E-state index contributed by atoms with van der Waals surface area (Å²) < 4.78 is 0. The van der Waals surface area contributed by atoms with Gasteiger partial charge in [-0.25, -0.2) is 4.98 Å². The predicted octanol–water partition coefficient (Wildman–Crippen LogP) is 5.45. The molecule has 120 valence electrons. The molecule has 0 saturated heterocycles. The lowest BCUT2D eigenvalue weighted by molar-refractivity contribution is 0.860. The quantitative estimate of drug-likeness (QED) is 0.640. The summed E-state index contributed by atoms with van der Waals surface area (Å²) in [6.07, 6.45) is 1.93. The van der Waals surface area contributed by atoms with E-state index in [2.05, 4.69) is 84.3 Å². The fourth-order valence-electron chi connectivity index (χ4n) is 3.31. The number of benzene rings is 2. The molecule has 0 spiro atoms. The summed E-state index contributed by atoms with van der Waals surface area (Å²) in [5.41, 5.74) is 4.93. The average molecular weight is 315 g/mol. The Bertz CT molecular complexity index is 828. The topological polar surface area (TPSA) is 19.4 Å². The van der Waals surface area contributed by atoms with Crippen LogP contribution in [0.3, 0.4) is 0 Å². The predicted molar refractivity (Wildman–Crippen MR) is 100 cm³/mol. The van der Waals surface area contributed by atoms with Crippen molar-refractivity contribution in [1.29, 1.82) is 0 Å². The molecule has 24 heavy (non-hydrogen) atoms. The maximum Gasteiger partial charge on any atom is 0.158 e. The molecule has 1 aliphatic heterocycles. The second-order valence-electron chi connectivity index (χ2n) is 6.40. The van der Waals surface area contributed by atoms with Gasteiger partial charge < -0.3 is 9.80 Å². The molecule has 1 aromatic heterocycles. The minimum atomic E-state index is 0.448. The van der Waals surface area contributed by atoms with Gasteiger partial charge in [-0.15, -0.1) is 0 Å². The Kier molecular flexibility index (Phi) is 3.69. The van der Waals surface area contributed by atoms with Gasteiger partial charge in [0.05, 0.1) is 5.69 Å². The molecule has 0 atom stereocenters. The van der Waals surface area contributed by atoms with Crippen LogP contribution in [0.4, 0.5) is 22.9 Å². The van der Waals surface area contributed by atoms with E-state index in [-0.39, 0.29) is 0 Å². The lowest BCUT2D eigenvalue weighted by atomic mass is 10.0. The summed E-state index contributed by atoms with van der Waals surface area (Å²) >= 11 is 0. The Morgan fingerprint density at radius 3 is 1.96 bits per heavy atom. The molecule has 0 N–H and O–H groups in total. The monoisotopic (exact) mass is 315 g/mol. The number of hydrogen-bond acceptors (Lipinski definition) is 3. The van der Waals surface area contributed by atoms with Crippen LogP contribution in [-0.2, 0) is 0 Å². The fraction of sp³-hybridized carbons (Fsp3) is 0.190. The molecule has 3 nitrogen and oxygen atoms in total. The van der Waals surface area contributed by atoms with Gasteiger partial charge in [0.25, 0.3) is 0 Å². The summed E-state index contributed by atoms with van der Waals surface area (Å²) in [5, 5.41) is 0. The van der Waals surface area contributed by atoms with Crippen LogP contribution in [0.15, 0.2) is 72.9 Å². The first-order valence-electron chi connectivity index (χ1n) is 8.40. The summed E-state index contributed by atoms with van der Waals surface area (Å²) in [6.45, 7) is 5.26. The van der Waals surface area contributed by atoms with E-state index in [9.17, 15) is 0 Å². The molecule has 0 radical (unpaired) electrons. The number of fused-ring (bicyclic) bond motifs is 1. The fourth-order valence-corrected chi connectivity index (χ4v) is 3.31. The van der Waals surface area contributed by atoms with E-state index in [4.69, 9.17) is 4.98 Å². The van der Waals surface area contributed by atoms with Crippen LogP contribution in [0.5, 0.6) is 0 Å². The Morgan fingerprint density at radius 1 is 0.792 bits per heavy atom. The van der Waals surface area contributed by atoms with Crippen LogP contribution in [0, 0.1) is 0 Å². The van der Waals surface area contributed by atoms with Gasteiger partial charge in [0.2, 0.25) is 0 Å². The van der Waals surface area contributed by atoms with Crippen molar-refractivity contribution in [1.82, 2.24) is 4.98 Å². The van der Waals surface area contributed by atoms with Crippen molar-refractivity contribution >= 4 is 22.9 Å². The molecular weight excluding hydrogens is 294 g/mol. The number of nitrogens with zero attached hydrogens (tertiary/aromatic N) is 3. The molecule has 0 saturated carbocycles. The van der Waals surface area contributed by atoms with E-state index in [1.54, 1.807) is 0 Å². The Labute approximate surface area is 143 Å². The van der Waals surface area contributed by atoms with E-state index >= 15 is 0 Å². The van der Waals surface area contributed by atoms with Gasteiger partial charge in [0, 0.05) is 17.6 Å². The SMILES string of the molecule is CC(C)c1ccnc2c1N(c1ccccc1)CN2c1ccccc1. The van der Waals surface area contributed by atoms with Crippen molar-refractivity contribution in [3.05, 3.63) is 78.5 Å². The van der Waals surface area contributed by atoms with E-state index in [0.29, 0.717) is 5.92 Å².